The first kappa shape index (κ1) is 21.1. The number of nitrogens with zero attached hydrogens (tertiary/aromatic N) is 1. The van der Waals surface area contributed by atoms with E-state index in [4.69, 9.17) is 4.84 Å². The van der Waals surface area contributed by atoms with Gasteiger partial charge in [-0.3, -0.25) is 4.84 Å². The zero-order valence-corrected chi connectivity index (χ0v) is 16.8. The largest absolute Gasteiger partial charge is 0.290 e. The lowest BCUT2D eigenvalue weighted by Gasteiger charge is -2.31. The molecule has 2 aromatic rings. The summed E-state index contributed by atoms with van der Waals surface area (Å²) in [7, 11) is 0. The maximum atomic E-state index is 6.43. The van der Waals surface area contributed by atoms with E-state index in [0.717, 1.165) is 32.2 Å². The number of hydrogen-bond acceptors (Lipinski definition) is 2. The Hall–Kier alpha value is -2.16. The molecule has 0 saturated heterocycles. The molecule has 0 spiro atoms. The van der Waals surface area contributed by atoms with Gasteiger partial charge in [0, 0.05) is 12.6 Å². The van der Waals surface area contributed by atoms with Crippen molar-refractivity contribution in [2.24, 2.45) is 0 Å². The molecule has 2 heteroatoms. The van der Waals surface area contributed by atoms with Crippen LogP contribution in [0.25, 0.3) is 6.08 Å². The van der Waals surface area contributed by atoms with E-state index in [9.17, 15) is 0 Å². The summed E-state index contributed by atoms with van der Waals surface area (Å²) in [5.74, 6) is 0. The standard InChI is InChI=1S/C25H33NO/c1-4-14-25(24-19-10-7-11-20-24)27-26(21-5-2)22(3)15-12-13-18-23-16-8-6-9-17-23/h5-11,13,16-20,22,25H,2,4,12,14-15,21H2,1,3H3/b18-13+. The molecule has 0 aliphatic carbocycles. The summed E-state index contributed by atoms with van der Waals surface area (Å²) < 4.78 is 0. The molecule has 144 valence electrons. The molecule has 2 atom stereocenters. The highest BCUT2D eigenvalue weighted by atomic mass is 16.7. The molecule has 0 bridgehead atoms. The van der Waals surface area contributed by atoms with Crippen LogP contribution in [-0.4, -0.2) is 17.6 Å². The first-order valence-corrected chi connectivity index (χ1v) is 10.1. The summed E-state index contributed by atoms with van der Waals surface area (Å²) in [5.41, 5.74) is 2.49. The van der Waals surface area contributed by atoms with Crippen LogP contribution >= 0.6 is 0 Å². The van der Waals surface area contributed by atoms with Crippen molar-refractivity contribution in [2.45, 2.75) is 51.7 Å². The van der Waals surface area contributed by atoms with E-state index in [1.807, 2.05) is 12.1 Å². The van der Waals surface area contributed by atoms with Crippen LogP contribution < -0.4 is 0 Å². The molecule has 0 aliphatic heterocycles. The lowest BCUT2D eigenvalue weighted by molar-refractivity contribution is -0.217. The highest BCUT2D eigenvalue weighted by Crippen LogP contribution is 2.25. The lowest BCUT2D eigenvalue weighted by Crippen LogP contribution is -2.34. The third-order valence-electron chi connectivity index (χ3n) is 4.65. The van der Waals surface area contributed by atoms with E-state index < -0.39 is 0 Å². The third kappa shape index (κ3) is 7.54. The minimum atomic E-state index is 0.0958. The Morgan fingerprint density at radius 2 is 1.67 bits per heavy atom. The molecular weight excluding hydrogens is 330 g/mol. The molecule has 0 saturated carbocycles. The maximum absolute atomic E-state index is 6.43. The van der Waals surface area contributed by atoms with E-state index in [1.165, 1.54) is 11.1 Å². The van der Waals surface area contributed by atoms with Crippen LogP contribution in [0.1, 0.15) is 56.8 Å². The van der Waals surface area contributed by atoms with Crippen molar-refractivity contribution in [3.05, 3.63) is 90.5 Å². The number of hydrogen-bond donors (Lipinski definition) is 0. The van der Waals surface area contributed by atoms with Crippen LogP contribution in [0.15, 0.2) is 79.4 Å². The predicted molar refractivity (Wildman–Crippen MR) is 116 cm³/mol. The Labute approximate surface area is 165 Å². The number of hydroxylamine groups is 2. The van der Waals surface area contributed by atoms with Gasteiger partial charge in [0.1, 0.15) is 6.10 Å². The molecule has 0 N–H and O–H groups in total. The Kier molecular flexibility index (Phi) is 9.61. The van der Waals surface area contributed by atoms with E-state index in [0.29, 0.717) is 6.04 Å². The first-order chi connectivity index (χ1) is 13.2. The smallest absolute Gasteiger partial charge is 0.104 e. The Bertz CT molecular complexity index is 665. The molecule has 27 heavy (non-hydrogen) atoms. The second-order valence-corrected chi connectivity index (χ2v) is 6.92. The van der Waals surface area contributed by atoms with Crippen LogP contribution in [0.4, 0.5) is 0 Å². The van der Waals surface area contributed by atoms with Gasteiger partial charge in [0.25, 0.3) is 0 Å². The minimum absolute atomic E-state index is 0.0958. The second-order valence-electron chi connectivity index (χ2n) is 6.92. The molecule has 0 fully saturated rings. The van der Waals surface area contributed by atoms with Crippen LogP contribution in [0.5, 0.6) is 0 Å². The summed E-state index contributed by atoms with van der Waals surface area (Å²) in [4.78, 5) is 6.43. The molecule has 2 nitrogen and oxygen atoms in total. The first-order valence-electron chi connectivity index (χ1n) is 10.1. The average Bonchev–Trinajstić information content (AvgIpc) is 2.71. The SMILES string of the molecule is C=CCN(OC(CCC)c1ccccc1)C(C)CC/C=C/c1ccccc1. The molecule has 2 unspecified atom stereocenters. The monoisotopic (exact) mass is 363 g/mol. The van der Waals surface area contributed by atoms with Gasteiger partial charge >= 0.3 is 0 Å². The van der Waals surface area contributed by atoms with E-state index in [2.05, 4.69) is 92.2 Å². The van der Waals surface area contributed by atoms with Crippen molar-refractivity contribution in [3.63, 3.8) is 0 Å². The fraction of sp³-hybridized carbons (Fsp3) is 0.360. The molecule has 0 aromatic heterocycles. The van der Waals surface area contributed by atoms with Crippen LogP contribution in [0, 0.1) is 0 Å². The van der Waals surface area contributed by atoms with Gasteiger partial charge in [0.15, 0.2) is 0 Å². The van der Waals surface area contributed by atoms with E-state index in [1.54, 1.807) is 0 Å². The molecule has 0 heterocycles. The van der Waals surface area contributed by atoms with Gasteiger partial charge in [-0.15, -0.1) is 6.58 Å². The second kappa shape index (κ2) is 12.3. The van der Waals surface area contributed by atoms with Crippen molar-refractivity contribution >= 4 is 6.08 Å². The van der Waals surface area contributed by atoms with Crippen LogP contribution in [0.3, 0.4) is 0 Å². The summed E-state index contributed by atoms with van der Waals surface area (Å²) in [6.45, 7) is 9.08. The zero-order chi connectivity index (χ0) is 19.3. The summed E-state index contributed by atoms with van der Waals surface area (Å²) >= 11 is 0. The average molecular weight is 364 g/mol. The van der Waals surface area contributed by atoms with Gasteiger partial charge < -0.3 is 0 Å². The molecule has 0 aliphatic rings. The van der Waals surface area contributed by atoms with Crippen molar-refractivity contribution in [1.82, 2.24) is 5.06 Å². The van der Waals surface area contributed by atoms with E-state index >= 15 is 0 Å². The van der Waals surface area contributed by atoms with Crippen molar-refractivity contribution in [3.8, 4) is 0 Å². The van der Waals surface area contributed by atoms with Gasteiger partial charge in [-0.25, -0.2) is 0 Å². The van der Waals surface area contributed by atoms with Crippen LogP contribution in [0.2, 0.25) is 0 Å². The Morgan fingerprint density at radius 1 is 1.00 bits per heavy atom. The quantitative estimate of drug-likeness (QED) is 0.303. The van der Waals surface area contributed by atoms with E-state index in [-0.39, 0.29) is 6.10 Å². The lowest BCUT2D eigenvalue weighted by atomic mass is 10.1. The Morgan fingerprint density at radius 3 is 2.30 bits per heavy atom. The highest BCUT2D eigenvalue weighted by molar-refractivity contribution is 5.48. The van der Waals surface area contributed by atoms with Gasteiger partial charge in [0.05, 0.1) is 0 Å². The maximum Gasteiger partial charge on any atom is 0.104 e. The van der Waals surface area contributed by atoms with Gasteiger partial charge in [-0.2, -0.15) is 5.06 Å². The zero-order valence-electron chi connectivity index (χ0n) is 16.8. The van der Waals surface area contributed by atoms with Crippen LogP contribution in [-0.2, 0) is 4.84 Å². The minimum Gasteiger partial charge on any atom is -0.290 e. The third-order valence-corrected chi connectivity index (χ3v) is 4.65. The van der Waals surface area contributed by atoms with Crippen molar-refractivity contribution in [2.75, 3.05) is 6.54 Å². The fourth-order valence-electron chi connectivity index (χ4n) is 3.09. The number of rotatable bonds is 12. The molecule has 0 radical (unpaired) electrons. The van der Waals surface area contributed by atoms with Crippen molar-refractivity contribution in [1.29, 1.82) is 0 Å². The molecular formula is C25H33NO. The summed E-state index contributed by atoms with van der Waals surface area (Å²) in [5, 5.41) is 2.09. The normalized spacial score (nSPS) is 13.7. The van der Waals surface area contributed by atoms with Gasteiger partial charge in [-0.05, 0) is 37.3 Å². The summed E-state index contributed by atoms with van der Waals surface area (Å²) in [6, 6.07) is 21.3. The topological polar surface area (TPSA) is 12.5 Å². The predicted octanol–water partition coefficient (Wildman–Crippen LogP) is 6.83. The number of benzene rings is 2. The number of allylic oxidation sites excluding steroid dienone is 1. The summed E-state index contributed by atoms with van der Waals surface area (Å²) in [6.07, 6.45) is 10.6. The highest BCUT2D eigenvalue weighted by Gasteiger charge is 2.19. The van der Waals surface area contributed by atoms with Gasteiger partial charge in [-0.1, -0.05) is 92.2 Å². The molecule has 0 amide bonds. The molecule has 2 aromatic carbocycles. The molecule has 2 rings (SSSR count). The fourth-order valence-corrected chi connectivity index (χ4v) is 3.09. The van der Waals surface area contributed by atoms with Gasteiger partial charge in [0.2, 0.25) is 0 Å². The van der Waals surface area contributed by atoms with Crippen molar-refractivity contribution < 1.29 is 4.84 Å². The Balaban J connectivity index is 1.93.